The van der Waals surface area contributed by atoms with Crippen LogP contribution in [0.2, 0.25) is 0 Å². The normalized spacial score (nSPS) is 21.1. The van der Waals surface area contributed by atoms with E-state index in [1.54, 1.807) is 0 Å². The molecule has 0 N–H and O–H groups in total. The highest BCUT2D eigenvalue weighted by Crippen LogP contribution is 2.37. The van der Waals surface area contributed by atoms with Gasteiger partial charge in [0.15, 0.2) is 6.54 Å². The summed E-state index contributed by atoms with van der Waals surface area (Å²) in [7, 11) is -5.75. The largest absolute Gasteiger partial charge is 0.501 e. The number of nitrogens with zero attached hydrogens (tertiary/aromatic N) is 3. The van der Waals surface area contributed by atoms with Gasteiger partial charge in [-0.05, 0) is 47.5 Å². The van der Waals surface area contributed by atoms with Crippen molar-refractivity contribution in [3.05, 3.63) is 53.9 Å². The minimum atomic E-state index is -5.75. The molecule has 2 atom stereocenters. The molecule has 36 heavy (non-hydrogen) atoms. The maximum atomic E-state index is 13.4. The fourth-order valence-electron chi connectivity index (χ4n) is 3.43. The third-order valence-corrected chi connectivity index (χ3v) is 6.95. The minimum absolute atomic E-state index is 0.210. The number of amides is 3. The number of carbonyl (C=O) groups is 3. The zero-order valence-electron chi connectivity index (χ0n) is 18.3. The van der Waals surface area contributed by atoms with E-state index < -0.39 is 67.2 Å². The van der Waals surface area contributed by atoms with Crippen LogP contribution in [0.4, 0.5) is 36.8 Å². The van der Waals surface area contributed by atoms with Crippen LogP contribution in [0.1, 0.15) is 18.1 Å². The second-order valence-corrected chi connectivity index (χ2v) is 9.65. The second-order valence-electron chi connectivity index (χ2n) is 7.71. The Morgan fingerprint density at radius 3 is 2.17 bits per heavy atom. The number of hydroxylamine groups is 3. The number of hydrogen-bond donors (Lipinski definition) is 0. The Balaban J connectivity index is 2.09. The third kappa shape index (κ3) is 4.53. The monoisotopic (exact) mass is 540 g/mol. The molecule has 0 aliphatic carbocycles. The summed E-state index contributed by atoms with van der Waals surface area (Å²) in [6, 6.07) is 0.522. The van der Waals surface area contributed by atoms with E-state index in [2.05, 4.69) is 9.82 Å². The molecule has 0 saturated carbocycles. The summed E-state index contributed by atoms with van der Waals surface area (Å²) in [5.74, 6) is -3.90. The fraction of sp³-hybridized carbons (Fsp3) is 0.300. The number of benzene rings is 1. The first-order valence-electron chi connectivity index (χ1n) is 9.81. The lowest BCUT2D eigenvalue weighted by atomic mass is 10.1. The summed E-state index contributed by atoms with van der Waals surface area (Å²) in [4.78, 5) is 45.7. The van der Waals surface area contributed by atoms with Crippen molar-refractivity contribution in [2.45, 2.75) is 43.0 Å². The molecule has 194 valence electrons. The summed E-state index contributed by atoms with van der Waals surface area (Å²) in [6.07, 6.45) is -2.94. The first-order valence-corrected chi connectivity index (χ1v) is 11.3. The minimum Gasteiger partial charge on any atom is -0.267 e. The van der Waals surface area contributed by atoms with Gasteiger partial charge in [0.1, 0.15) is 0 Å². The number of quaternary nitrogens is 1. The molecule has 1 aromatic heterocycles. The number of carbonyl (C=O) groups excluding carboxylic acids is 3. The predicted molar refractivity (Wildman–Crippen MR) is 107 cm³/mol. The van der Waals surface area contributed by atoms with Crippen molar-refractivity contribution in [2.75, 3.05) is 4.90 Å². The Kier molecular flexibility index (Phi) is 6.65. The number of anilines is 1. The first-order chi connectivity index (χ1) is 16.4. The van der Waals surface area contributed by atoms with Gasteiger partial charge >= 0.3 is 29.6 Å². The summed E-state index contributed by atoms with van der Waals surface area (Å²) in [6.45, 7) is 1.83. The highest BCUT2D eigenvalue weighted by molar-refractivity contribution is 7.92. The number of imide groups is 1. The van der Waals surface area contributed by atoms with Gasteiger partial charge in [-0.25, -0.2) is 18.0 Å². The highest BCUT2D eigenvalue weighted by Gasteiger charge is 2.65. The molecule has 1 saturated heterocycles. The number of aromatic nitrogens is 1. The summed E-state index contributed by atoms with van der Waals surface area (Å²) in [5.41, 5.74) is -5.47. The number of alkyl halides is 6. The molecular formula is C20H16F6N3O6S+. The van der Waals surface area contributed by atoms with E-state index in [4.69, 9.17) is 0 Å². The van der Waals surface area contributed by atoms with Gasteiger partial charge in [-0.3, -0.25) is 14.6 Å². The summed E-state index contributed by atoms with van der Waals surface area (Å²) < 4.78 is 99.0. The Hall–Kier alpha value is -3.53. The van der Waals surface area contributed by atoms with Gasteiger partial charge in [0.2, 0.25) is 6.04 Å². The summed E-state index contributed by atoms with van der Waals surface area (Å²) in [5, 5.41) is 0. The molecule has 3 amide bonds. The average Bonchev–Trinajstić information content (AvgIpc) is 2.95. The zero-order valence-corrected chi connectivity index (χ0v) is 19.1. The van der Waals surface area contributed by atoms with Gasteiger partial charge in [-0.2, -0.15) is 31.2 Å². The number of hydrogen-bond acceptors (Lipinski definition) is 7. The number of rotatable bonds is 5. The molecule has 1 fully saturated rings. The number of urea groups is 1. The molecule has 1 aliphatic rings. The van der Waals surface area contributed by atoms with Crippen molar-refractivity contribution in [1.82, 2.24) is 4.98 Å². The van der Waals surface area contributed by atoms with Crippen molar-refractivity contribution in [2.24, 2.45) is 0 Å². The number of aryl methyl sites for hydroxylation is 1. The Labute approximate surface area is 199 Å². The molecule has 9 nitrogen and oxygen atoms in total. The van der Waals surface area contributed by atoms with Crippen LogP contribution < -0.4 is 4.90 Å². The SMILES string of the molecule is Cc1cnccc1C[N+]1(OC(=O)C(F)(F)F)C(=O)N(c2ccc(S(=O)(=O)C(F)(F)F)cc2)C(=O)[C@H]1C. The topological polar surface area (TPSA) is 111 Å². The van der Waals surface area contributed by atoms with E-state index in [-0.39, 0.29) is 5.56 Å². The van der Waals surface area contributed by atoms with Crippen LogP contribution in [0.25, 0.3) is 0 Å². The predicted octanol–water partition coefficient (Wildman–Crippen LogP) is 3.58. The van der Waals surface area contributed by atoms with E-state index in [0.717, 1.165) is 6.92 Å². The molecule has 0 bridgehead atoms. The van der Waals surface area contributed by atoms with E-state index >= 15 is 0 Å². The molecule has 1 aliphatic heterocycles. The average molecular weight is 540 g/mol. The molecular weight excluding hydrogens is 524 g/mol. The van der Waals surface area contributed by atoms with Crippen LogP contribution in [0.5, 0.6) is 0 Å². The van der Waals surface area contributed by atoms with Gasteiger partial charge < -0.3 is 0 Å². The lowest BCUT2D eigenvalue weighted by molar-refractivity contribution is -1.04. The van der Waals surface area contributed by atoms with Crippen molar-refractivity contribution >= 4 is 33.4 Å². The van der Waals surface area contributed by atoms with E-state index in [1.165, 1.54) is 25.4 Å². The quantitative estimate of drug-likeness (QED) is 0.324. The first kappa shape index (κ1) is 27.1. The lowest BCUT2D eigenvalue weighted by Crippen LogP contribution is -2.57. The smallest absolute Gasteiger partial charge is 0.267 e. The molecule has 0 radical (unpaired) electrons. The number of halogens is 6. The third-order valence-electron chi connectivity index (χ3n) is 5.45. The molecule has 3 rings (SSSR count). The van der Waals surface area contributed by atoms with E-state index in [1.807, 2.05) is 0 Å². The van der Waals surface area contributed by atoms with Crippen molar-refractivity contribution in [3.63, 3.8) is 0 Å². The molecule has 2 aromatic rings. The van der Waals surface area contributed by atoms with Gasteiger partial charge in [-0.1, -0.05) is 0 Å². The van der Waals surface area contributed by atoms with E-state index in [0.29, 0.717) is 34.7 Å². The van der Waals surface area contributed by atoms with Crippen molar-refractivity contribution in [3.8, 4) is 0 Å². The molecule has 1 aromatic carbocycles. The number of pyridine rings is 1. The Morgan fingerprint density at radius 2 is 1.67 bits per heavy atom. The van der Waals surface area contributed by atoms with Crippen LogP contribution in [-0.4, -0.2) is 53.7 Å². The van der Waals surface area contributed by atoms with Gasteiger partial charge in [0, 0.05) is 24.9 Å². The fourth-order valence-corrected chi connectivity index (χ4v) is 4.19. The van der Waals surface area contributed by atoms with Crippen molar-refractivity contribution < 1.29 is 58.6 Å². The standard InChI is InChI=1S/C20H16F6N3O6S/c1-11-9-27-8-7-13(11)10-29(35-17(31)19(21,22)23)12(2)16(30)28(18(29)32)14-3-5-15(6-4-14)36(33,34)20(24,25)26/h3-9,12H,10H2,1-2H3/q+1/t12-,29?/m1/s1. The van der Waals surface area contributed by atoms with Crippen molar-refractivity contribution in [1.29, 1.82) is 0 Å². The lowest BCUT2D eigenvalue weighted by Gasteiger charge is -2.30. The molecule has 2 heterocycles. The van der Waals surface area contributed by atoms with Gasteiger partial charge in [-0.15, -0.1) is 0 Å². The van der Waals surface area contributed by atoms with E-state index in [9.17, 15) is 49.1 Å². The van der Waals surface area contributed by atoms with Gasteiger partial charge in [0.25, 0.3) is 9.84 Å². The van der Waals surface area contributed by atoms with Crippen LogP contribution >= 0.6 is 0 Å². The molecule has 16 heteroatoms. The Bertz CT molecular complexity index is 1330. The van der Waals surface area contributed by atoms with Crippen LogP contribution in [0.15, 0.2) is 47.6 Å². The second kappa shape index (κ2) is 8.85. The van der Waals surface area contributed by atoms with Crippen LogP contribution in [0, 0.1) is 6.92 Å². The van der Waals surface area contributed by atoms with Crippen LogP contribution in [-0.2, 0) is 30.8 Å². The highest BCUT2D eigenvalue weighted by atomic mass is 32.2. The van der Waals surface area contributed by atoms with Gasteiger partial charge in [0.05, 0.1) is 10.6 Å². The number of sulfone groups is 1. The van der Waals surface area contributed by atoms with Crippen LogP contribution in [0.3, 0.4) is 0 Å². The molecule has 1 unspecified atom stereocenters. The zero-order chi connectivity index (χ0) is 27.3. The Morgan fingerprint density at radius 1 is 1.08 bits per heavy atom. The summed E-state index contributed by atoms with van der Waals surface area (Å²) >= 11 is 0. The maximum absolute atomic E-state index is 13.4. The maximum Gasteiger partial charge on any atom is 0.501 e. The molecule has 0 spiro atoms.